The molecule has 2 heteroatoms. The lowest BCUT2D eigenvalue weighted by Crippen LogP contribution is -1.99. The summed E-state index contributed by atoms with van der Waals surface area (Å²) >= 11 is 0. The monoisotopic (exact) mass is 149 g/mol. The van der Waals surface area contributed by atoms with Gasteiger partial charge in [0.2, 0.25) is 0 Å². The molecule has 0 saturated carbocycles. The summed E-state index contributed by atoms with van der Waals surface area (Å²) in [6.45, 7) is 0. The molecule has 1 nitrogen and oxygen atoms in total. The molecular formula is C9H8FN. The van der Waals surface area contributed by atoms with Crippen LogP contribution in [0.15, 0.2) is 29.3 Å². The van der Waals surface area contributed by atoms with E-state index in [2.05, 4.69) is 4.99 Å². The van der Waals surface area contributed by atoms with E-state index in [0.717, 1.165) is 17.7 Å². The maximum absolute atomic E-state index is 12.6. The first kappa shape index (κ1) is 6.53. The molecule has 0 saturated heterocycles. The number of rotatable bonds is 0. The fraction of sp³-hybridized carbons (Fsp3) is 0.222. The summed E-state index contributed by atoms with van der Waals surface area (Å²) in [5, 5.41) is 0. The summed E-state index contributed by atoms with van der Waals surface area (Å²) in [5.41, 5.74) is 1.94. The largest absolute Gasteiger partial charge is 0.224 e. The van der Waals surface area contributed by atoms with Crippen LogP contribution in [0.1, 0.15) is 12.0 Å². The van der Waals surface area contributed by atoms with Gasteiger partial charge in [-0.3, -0.25) is 0 Å². The smallest absolute Gasteiger partial charge is 0.189 e. The van der Waals surface area contributed by atoms with Gasteiger partial charge >= 0.3 is 0 Å². The number of hydrogen-bond donors (Lipinski definition) is 0. The van der Waals surface area contributed by atoms with Crippen molar-refractivity contribution in [1.29, 1.82) is 0 Å². The Labute approximate surface area is 64.6 Å². The molecule has 0 fully saturated rings. The van der Waals surface area contributed by atoms with Crippen LogP contribution in [0, 0.1) is 0 Å². The summed E-state index contributed by atoms with van der Waals surface area (Å²) in [6.07, 6.45) is 1.24. The SMILES string of the molecule is FC1=Nc2ccccc2CC1. The van der Waals surface area contributed by atoms with Crippen LogP contribution in [0.4, 0.5) is 10.1 Å². The van der Waals surface area contributed by atoms with Crippen LogP contribution in [-0.4, -0.2) is 5.97 Å². The van der Waals surface area contributed by atoms with E-state index in [9.17, 15) is 4.39 Å². The molecule has 0 aliphatic carbocycles. The molecule has 0 spiro atoms. The van der Waals surface area contributed by atoms with E-state index in [1.54, 1.807) is 0 Å². The maximum Gasteiger partial charge on any atom is 0.189 e. The van der Waals surface area contributed by atoms with Crippen LogP contribution in [-0.2, 0) is 6.42 Å². The maximum atomic E-state index is 12.6. The average molecular weight is 149 g/mol. The van der Waals surface area contributed by atoms with Crippen molar-refractivity contribution in [2.45, 2.75) is 12.8 Å². The Balaban J connectivity index is 2.51. The number of aliphatic imine (C=N–C) groups is 1. The Hall–Kier alpha value is -1.18. The zero-order valence-electron chi connectivity index (χ0n) is 6.05. The Morgan fingerprint density at radius 3 is 2.91 bits per heavy atom. The molecule has 56 valence electrons. The van der Waals surface area contributed by atoms with Crippen molar-refractivity contribution in [2.75, 3.05) is 0 Å². The summed E-state index contributed by atoms with van der Waals surface area (Å²) < 4.78 is 12.6. The standard InChI is InChI=1S/C9H8FN/c10-9-6-5-7-3-1-2-4-8(7)11-9/h1-4H,5-6H2. The molecule has 1 heterocycles. The minimum absolute atomic E-state index is 0.247. The van der Waals surface area contributed by atoms with Crippen molar-refractivity contribution >= 4 is 11.7 Å². The molecule has 11 heavy (non-hydrogen) atoms. The number of aryl methyl sites for hydroxylation is 1. The second-order valence-corrected chi connectivity index (χ2v) is 2.62. The van der Waals surface area contributed by atoms with E-state index >= 15 is 0 Å². The molecule has 0 N–H and O–H groups in total. The molecule has 0 aromatic heterocycles. The van der Waals surface area contributed by atoms with Crippen molar-refractivity contribution in [3.8, 4) is 0 Å². The molecule has 1 aromatic rings. The molecule has 1 aliphatic heterocycles. The highest BCUT2D eigenvalue weighted by molar-refractivity contribution is 5.81. The van der Waals surface area contributed by atoms with Crippen LogP contribution in [0.2, 0.25) is 0 Å². The van der Waals surface area contributed by atoms with E-state index in [1.165, 1.54) is 0 Å². The Morgan fingerprint density at radius 1 is 1.18 bits per heavy atom. The van der Waals surface area contributed by atoms with Crippen molar-refractivity contribution in [1.82, 2.24) is 0 Å². The minimum atomic E-state index is -0.247. The average Bonchev–Trinajstić information content (AvgIpc) is 2.04. The van der Waals surface area contributed by atoms with Crippen LogP contribution < -0.4 is 0 Å². The van der Waals surface area contributed by atoms with Gasteiger partial charge in [0.15, 0.2) is 5.97 Å². The summed E-state index contributed by atoms with van der Waals surface area (Å²) in [5.74, 6) is -0.247. The normalized spacial score (nSPS) is 15.5. The molecule has 2 rings (SSSR count). The second kappa shape index (κ2) is 2.46. The number of fused-ring (bicyclic) bond motifs is 1. The van der Waals surface area contributed by atoms with E-state index in [-0.39, 0.29) is 5.97 Å². The lowest BCUT2D eigenvalue weighted by atomic mass is 10.1. The third-order valence-corrected chi connectivity index (χ3v) is 1.83. The third kappa shape index (κ3) is 1.16. The number of benzene rings is 1. The van der Waals surface area contributed by atoms with Crippen LogP contribution >= 0.6 is 0 Å². The molecule has 0 amide bonds. The van der Waals surface area contributed by atoms with Gasteiger partial charge in [0.1, 0.15) is 0 Å². The lowest BCUT2D eigenvalue weighted by molar-refractivity contribution is 0.746. The van der Waals surface area contributed by atoms with Gasteiger partial charge in [0.05, 0.1) is 5.69 Å². The first-order valence-corrected chi connectivity index (χ1v) is 3.67. The molecule has 1 aromatic carbocycles. The van der Waals surface area contributed by atoms with Crippen LogP contribution in [0.5, 0.6) is 0 Å². The predicted octanol–water partition coefficient (Wildman–Crippen LogP) is 2.63. The lowest BCUT2D eigenvalue weighted by Gasteiger charge is -2.09. The topological polar surface area (TPSA) is 12.4 Å². The van der Waals surface area contributed by atoms with Gasteiger partial charge in [-0.25, -0.2) is 4.99 Å². The van der Waals surface area contributed by atoms with Gasteiger partial charge in [-0.05, 0) is 18.1 Å². The summed E-state index contributed by atoms with van der Waals surface area (Å²) in [4.78, 5) is 3.80. The second-order valence-electron chi connectivity index (χ2n) is 2.62. The zero-order chi connectivity index (χ0) is 7.68. The highest BCUT2D eigenvalue weighted by atomic mass is 19.1. The minimum Gasteiger partial charge on any atom is -0.224 e. The van der Waals surface area contributed by atoms with Gasteiger partial charge in [-0.1, -0.05) is 18.2 Å². The van der Waals surface area contributed by atoms with E-state index in [4.69, 9.17) is 0 Å². The zero-order valence-corrected chi connectivity index (χ0v) is 6.05. The predicted molar refractivity (Wildman–Crippen MR) is 43.0 cm³/mol. The molecule has 0 atom stereocenters. The Kier molecular flexibility index (Phi) is 1.46. The van der Waals surface area contributed by atoms with E-state index < -0.39 is 0 Å². The summed E-state index contributed by atoms with van der Waals surface area (Å²) in [6, 6.07) is 7.66. The fourth-order valence-corrected chi connectivity index (χ4v) is 1.26. The number of halogens is 1. The highest BCUT2D eigenvalue weighted by Crippen LogP contribution is 2.25. The van der Waals surface area contributed by atoms with Crippen molar-refractivity contribution in [3.63, 3.8) is 0 Å². The number of para-hydroxylation sites is 1. The number of hydrogen-bond acceptors (Lipinski definition) is 1. The van der Waals surface area contributed by atoms with E-state index in [1.807, 2.05) is 24.3 Å². The molecule has 0 radical (unpaired) electrons. The third-order valence-electron chi connectivity index (χ3n) is 1.83. The highest BCUT2D eigenvalue weighted by Gasteiger charge is 2.09. The fourth-order valence-electron chi connectivity index (χ4n) is 1.26. The molecule has 1 aliphatic rings. The quantitative estimate of drug-likeness (QED) is 0.537. The first-order valence-electron chi connectivity index (χ1n) is 3.67. The van der Waals surface area contributed by atoms with Crippen molar-refractivity contribution < 1.29 is 4.39 Å². The molecular weight excluding hydrogens is 141 g/mol. The van der Waals surface area contributed by atoms with Crippen LogP contribution in [0.3, 0.4) is 0 Å². The Morgan fingerprint density at radius 2 is 2.00 bits per heavy atom. The summed E-state index contributed by atoms with van der Waals surface area (Å²) in [7, 11) is 0. The molecule has 0 bridgehead atoms. The Bertz CT molecular complexity index is 304. The van der Waals surface area contributed by atoms with Gasteiger partial charge in [0, 0.05) is 6.42 Å². The van der Waals surface area contributed by atoms with Crippen LogP contribution in [0.25, 0.3) is 0 Å². The van der Waals surface area contributed by atoms with Gasteiger partial charge in [0.25, 0.3) is 0 Å². The van der Waals surface area contributed by atoms with Gasteiger partial charge in [-0.2, -0.15) is 4.39 Å². The van der Waals surface area contributed by atoms with Crippen molar-refractivity contribution in [3.05, 3.63) is 29.8 Å². The molecule has 0 unspecified atom stereocenters. The van der Waals surface area contributed by atoms with Crippen molar-refractivity contribution in [2.24, 2.45) is 4.99 Å². The van der Waals surface area contributed by atoms with Gasteiger partial charge < -0.3 is 0 Å². The van der Waals surface area contributed by atoms with E-state index in [0.29, 0.717) is 6.42 Å². The number of nitrogens with zero attached hydrogens (tertiary/aromatic N) is 1. The van der Waals surface area contributed by atoms with Gasteiger partial charge in [-0.15, -0.1) is 0 Å². The first-order chi connectivity index (χ1) is 5.36.